The van der Waals surface area contributed by atoms with Crippen molar-refractivity contribution in [3.63, 3.8) is 0 Å². The number of hydrogen-bond acceptors (Lipinski definition) is 3. The van der Waals surface area contributed by atoms with Gasteiger partial charge >= 0.3 is 0 Å². The van der Waals surface area contributed by atoms with Crippen LogP contribution in [0.1, 0.15) is 11.1 Å². The van der Waals surface area contributed by atoms with Crippen LogP contribution in [0.4, 0.5) is 4.39 Å². The number of aryl methyl sites for hydroxylation is 1. The summed E-state index contributed by atoms with van der Waals surface area (Å²) in [5.41, 5.74) is 1.81. The number of hydrogen-bond donors (Lipinski definition) is 0. The van der Waals surface area contributed by atoms with E-state index in [4.69, 9.17) is 0 Å². The predicted octanol–water partition coefficient (Wildman–Crippen LogP) is 1.25. The molecule has 3 saturated heterocycles. The maximum absolute atomic E-state index is 13.1. The van der Waals surface area contributed by atoms with E-state index in [0.717, 1.165) is 43.9 Å². The third kappa shape index (κ3) is 2.55. The lowest BCUT2D eigenvalue weighted by atomic mass is 9.96. The third-order valence-corrected chi connectivity index (χ3v) is 4.32. The highest BCUT2D eigenvalue weighted by Gasteiger charge is 2.35. The Morgan fingerprint density at radius 1 is 1.32 bits per heavy atom. The molecule has 3 aliphatic heterocycles. The van der Waals surface area contributed by atoms with E-state index in [1.165, 1.54) is 12.1 Å². The summed E-state index contributed by atoms with van der Waals surface area (Å²) in [6.07, 6.45) is 0.418. The summed E-state index contributed by atoms with van der Waals surface area (Å²) < 4.78 is 13.1. The van der Waals surface area contributed by atoms with Crippen LogP contribution in [0.25, 0.3) is 0 Å². The van der Waals surface area contributed by atoms with Gasteiger partial charge in [-0.1, -0.05) is 6.07 Å². The van der Waals surface area contributed by atoms with Gasteiger partial charge in [0.2, 0.25) is 0 Å². The molecule has 0 N–H and O–H groups in total. The molecule has 1 aromatic carbocycles. The third-order valence-electron chi connectivity index (χ3n) is 4.32. The van der Waals surface area contributed by atoms with Crippen molar-refractivity contribution in [1.82, 2.24) is 9.80 Å². The summed E-state index contributed by atoms with van der Waals surface area (Å²) in [6, 6.07) is 4.71. The summed E-state index contributed by atoms with van der Waals surface area (Å²) in [5.74, 6) is 0.0272. The maximum Gasteiger partial charge on any atom is 0.155 e. The Hall–Kier alpha value is -1.26. The average Bonchev–Trinajstić information content (AvgIpc) is 2.43. The van der Waals surface area contributed by atoms with Crippen LogP contribution in [0.15, 0.2) is 18.2 Å². The monoisotopic (exact) mass is 262 g/mol. The van der Waals surface area contributed by atoms with Crippen LogP contribution >= 0.6 is 0 Å². The first-order chi connectivity index (χ1) is 9.13. The average molecular weight is 262 g/mol. The van der Waals surface area contributed by atoms with E-state index < -0.39 is 0 Å². The maximum atomic E-state index is 13.1. The summed E-state index contributed by atoms with van der Waals surface area (Å²) in [7, 11) is 0. The Balaban J connectivity index is 1.71. The van der Waals surface area contributed by atoms with Gasteiger partial charge in [-0.2, -0.15) is 0 Å². The minimum absolute atomic E-state index is 0.0342. The van der Waals surface area contributed by atoms with Gasteiger partial charge in [-0.25, -0.2) is 4.39 Å². The number of fused-ring (bicyclic) bond motifs is 3. The Morgan fingerprint density at radius 3 is 2.63 bits per heavy atom. The fraction of sp³-hybridized carbons (Fsp3) is 0.533. The fourth-order valence-corrected chi connectivity index (χ4v) is 3.09. The van der Waals surface area contributed by atoms with E-state index in [9.17, 15) is 9.18 Å². The normalized spacial score (nSPS) is 29.5. The predicted molar refractivity (Wildman–Crippen MR) is 71.6 cm³/mol. The van der Waals surface area contributed by atoms with Gasteiger partial charge in [0, 0.05) is 39.1 Å². The highest BCUT2D eigenvalue weighted by Crippen LogP contribution is 2.19. The second-order valence-electron chi connectivity index (χ2n) is 5.57. The number of benzene rings is 1. The number of Topliss-reactive ketones (excluding diaryl/α,β-unsaturated/α-hetero) is 1. The Kier molecular flexibility index (Phi) is 3.37. The largest absolute Gasteiger partial charge is 0.299 e. The number of rotatable bonds is 3. The van der Waals surface area contributed by atoms with Gasteiger partial charge < -0.3 is 0 Å². The quantitative estimate of drug-likeness (QED) is 0.819. The standard InChI is InChI=1S/C15H19FN2O/c1-11-8-13(16)3-2-12(11)9-15(19)14-10-17-4-6-18(14)7-5-17/h2-3,8,14H,4-7,9-10H2,1H3. The second-order valence-corrected chi connectivity index (χ2v) is 5.57. The molecular formula is C15H19FN2O. The first-order valence-corrected chi connectivity index (χ1v) is 6.87. The summed E-state index contributed by atoms with van der Waals surface area (Å²) in [6.45, 7) is 6.89. The number of carbonyl (C=O) groups is 1. The lowest BCUT2D eigenvalue weighted by Gasteiger charge is -2.46. The molecule has 4 heteroatoms. The number of carbonyl (C=O) groups excluding carboxylic acids is 1. The molecule has 1 unspecified atom stereocenters. The molecule has 102 valence electrons. The van der Waals surface area contributed by atoms with Crippen molar-refractivity contribution < 1.29 is 9.18 Å². The topological polar surface area (TPSA) is 23.6 Å². The van der Waals surface area contributed by atoms with Gasteiger partial charge in [0.25, 0.3) is 0 Å². The SMILES string of the molecule is Cc1cc(F)ccc1CC(=O)C1CN2CCN1CC2. The van der Waals surface area contributed by atoms with Crippen molar-refractivity contribution in [2.75, 3.05) is 32.7 Å². The van der Waals surface area contributed by atoms with E-state index in [1.807, 2.05) is 6.92 Å². The van der Waals surface area contributed by atoms with Crippen molar-refractivity contribution in [2.24, 2.45) is 0 Å². The van der Waals surface area contributed by atoms with Crippen LogP contribution in [0.3, 0.4) is 0 Å². The van der Waals surface area contributed by atoms with Crippen molar-refractivity contribution >= 4 is 5.78 Å². The lowest BCUT2D eigenvalue weighted by Crippen LogP contribution is -2.63. The molecule has 1 aromatic rings. The zero-order valence-corrected chi connectivity index (χ0v) is 11.2. The summed E-state index contributed by atoms with van der Waals surface area (Å²) >= 11 is 0. The van der Waals surface area contributed by atoms with Gasteiger partial charge in [-0.05, 0) is 30.2 Å². The molecule has 3 aliphatic rings. The molecule has 1 atom stereocenters. The zero-order chi connectivity index (χ0) is 13.4. The molecule has 0 radical (unpaired) electrons. The van der Waals surface area contributed by atoms with Crippen LogP contribution in [-0.4, -0.2) is 54.3 Å². The molecular weight excluding hydrogens is 243 g/mol. The van der Waals surface area contributed by atoms with Gasteiger partial charge in [-0.3, -0.25) is 14.6 Å². The van der Waals surface area contributed by atoms with Gasteiger partial charge in [-0.15, -0.1) is 0 Å². The zero-order valence-electron chi connectivity index (χ0n) is 11.2. The number of halogens is 1. The Labute approximate surface area is 113 Å². The van der Waals surface area contributed by atoms with Crippen LogP contribution in [0.5, 0.6) is 0 Å². The molecule has 19 heavy (non-hydrogen) atoms. The minimum Gasteiger partial charge on any atom is -0.299 e. The highest BCUT2D eigenvalue weighted by atomic mass is 19.1. The highest BCUT2D eigenvalue weighted by molar-refractivity contribution is 5.86. The van der Waals surface area contributed by atoms with Gasteiger partial charge in [0.15, 0.2) is 5.78 Å². The molecule has 0 aromatic heterocycles. The first-order valence-electron chi connectivity index (χ1n) is 6.87. The number of ketones is 1. The molecule has 3 fully saturated rings. The number of nitrogens with zero attached hydrogens (tertiary/aromatic N) is 2. The fourth-order valence-electron chi connectivity index (χ4n) is 3.09. The van der Waals surface area contributed by atoms with Crippen LogP contribution in [0, 0.1) is 12.7 Å². The molecule has 3 heterocycles. The molecule has 0 spiro atoms. The molecule has 0 saturated carbocycles. The van der Waals surface area contributed by atoms with E-state index in [2.05, 4.69) is 9.80 Å². The summed E-state index contributed by atoms with van der Waals surface area (Å²) in [5, 5.41) is 0. The van der Waals surface area contributed by atoms with E-state index in [1.54, 1.807) is 6.07 Å². The minimum atomic E-state index is -0.236. The Morgan fingerprint density at radius 2 is 2.05 bits per heavy atom. The van der Waals surface area contributed by atoms with E-state index in [0.29, 0.717) is 6.42 Å². The van der Waals surface area contributed by atoms with E-state index >= 15 is 0 Å². The van der Waals surface area contributed by atoms with E-state index in [-0.39, 0.29) is 17.6 Å². The van der Waals surface area contributed by atoms with Gasteiger partial charge in [0.1, 0.15) is 5.82 Å². The van der Waals surface area contributed by atoms with Crippen LogP contribution in [0.2, 0.25) is 0 Å². The van der Waals surface area contributed by atoms with Crippen molar-refractivity contribution in [1.29, 1.82) is 0 Å². The molecule has 3 nitrogen and oxygen atoms in total. The summed E-state index contributed by atoms with van der Waals surface area (Å²) in [4.78, 5) is 17.1. The van der Waals surface area contributed by atoms with Crippen LogP contribution < -0.4 is 0 Å². The van der Waals surface area contributed by atoms with Gasteiger partial charge in [0.05, 0.1) is 6.04 Å². The van der Waals surface area contributed by atoms with Crippen LogP contribution in [-0.2, 0) is 11.2 Å². The number of piperazine rings is 3. The molecule has 0 aliphatic carbocycles. The van der Waals surface area contributed by atoms with Crippen molar-refractivity contribution in [2.45, 2.75) is 19.4 Å². The molecule has 4 rings (SSSR count). The first kappa shape index (κ1) is 12.8. The molecule has 2 bridgehead atoms. The Bertz CT molecular complexity index is 495. The van der Waals surface area contributed by atoms with Crippen molar-refractivity contribution in [3.05, 3.63) is 35.1 Å². The molecule has 0 amide bonds. The second kappa shape index (κ2) is 5.02. The van der Waals surface area contributed by atoms with Crippen molar-refractivity contribution in [3.8, 4) is 0 Å². The lowest BCUT2D eigenvalue weighted by molar-refractivity contribution is -0.128. The smallest absolute Gasteiger partial charge is 0.155 e.